The van der Waals surface area contributed by atoms with E-state index in [1.807, 2.05) is 0 Å². The minimum absolute atomic E-state index is 0.131. The van der Waals surface area contributed by atoms with Gasteiger partial charge >= 0.3 is 5.97 Å². The van der Waals surface area contributed by atoms with Gasteiger partial charge in [-0.05, 0) is 19.3 Å². The van der Waals surface area contributed by atoms with Crippen LogP contribution in [0, 0.1) is 5.92 Å². The molecule has 2 unspecified atom stereocenters. The molecule has 0 bridgehead atoms. The molecule has 0 aromatic rings. The molecule has 22 heavy (non-hydrogen) atoms. The zero-order valence-corrected chi connectivity index (χ0v) is 14.9. The van der Waals surface area contributed by atoms with Gasteiger partial charge in [0.2, 0.25) is 0 Å². The van der Waals surface area contributed by atoms with Crippen LogP contribution in [0.2, 0.25) is 0 Å². The third-order valence-electron chi connectivity index (χ3n) is 4.49. The summed E-state index contributed by atoms with van der Waals surface area (Å²) in [5.41, 5.74) is 0. The van der Waals surface area contributed by atoms with Crippen LogP contribution in [0.15, 0.2) is 0 Å². The molecular weight excluding hydrogens is 276 g/mol. The van der Waals surface area contributed by atoms with Gasteiger partial charge in [0.1, 0.15) is 0 Å². The highest BCUT2D eigenvalue weighted by molar-refractivity contribution is 5.69. The Labute approximate surface area is 137 Å². The van der Waals surface area contributed by atoms with E-state index in [1.165, 1.54) is 38.5 Å². The zero-order chi connectivity index (χ0) is 16.6. The SMILES string of the molecule is CCCCCCCCCC(O)CCCCCCC(C)C(=O)O. The van der Waals surface area contributed by atoms with E-state index >= 15 is 0 Å². The van der Waals surface area contributed by atoms with Gasteiger partial charge in [0.15, 0.2) is 0 Å². The van der Waals surface area contributed by atoms with E-state index in [2.05, 4.69) is 6.92 Å². The average molecular weight is 315 g/mol. The Morgan fingerprint density at radius 2 is 1.18 bits per heavy atom. The quantitative estimate of drug-likeness (QED) is 0.367. The van der Waals surface area contributed by atoms with Crippen molar-refractivity contribution in [3.63, 3.8) is 0 Å². The lowest BCUT2D eigenvalue weighted by Crippen LogP contribution is -2.09. The Bertz CT molecular complexity index is 253. The second-order valence-corrected chi connectivity index (χ2v) is 6.79. The standard InChI is InChI=1S/C19H38O3/c1-3-4-5-6-7-8-12-15-18(20)16-13-10-9-11-14-17(2)19(21)22/h17-18,20H,3-16H2,1-2H3,(H,21,22). The Balaban J connectivity index is 3.25. The predicted molar refractivity (Wildman–Crippen MR) is 93.1 cm³/mol. The van der Waals surface area contributed by atoms with Gasteiger partial charge in [0.05, 0.1) is 12.0 Å². The molecular formula is C19H38O3. The Morgan fingerprint density at radius 1 is 0.773 bits per heavy atom. The number of carbonyl (C=O) groups is 1. The molecule has 0 saturated heterocycles. The summed E-state index contributed by atoms with van der Waals surface area (Å²) < 4.78 is 0. The molecule has 0 aliphatic carbocycles. The molecule has 0 heterocycles. The molecule has 0 fully saturated rings. The molecule has 3 nitrogen and oxygen atoms in total. The predicted octanol–water partition coefficient (Wildman–Crippen LogP) is 5.55. The van der Waals surface area contributed by atoms with Crippen LogP contribution in [0.4, 0.5) is 0 Å². The third kappa shape index (κ3) is 14.4. The molecule has 3 heteroatoms. The van der Waals surface area contributed by atoms with Crippen molar-refractivity contribution in [3.8, 4) is 0 Å². The van der Waals surface area contributed by atoms with Crippen molar-refractivity contribution in [1.29, 1.82) is 0 Å². The molecule has 0 spiro atoms. The number of aliphatic hydroxyl groups is 1. The lowest BCUT2D eigenvalue weighted by Gasteiger charge is -2.10. The van der Waals surface area contributed by atoms with Gasteiger partial charge in [-0.2, -0.15) is 0 Å². The molecule has 2 atom stereocenters. The van der Waals surface area contributed by atoms with E-state index in [0.29, 0.717) is 0 Å². The summed E-state index contributed by atoms with van der Waals surface area (Å²) in [6.45, 7) is 4.01. The van der Waals surface area contributed by atoms with Crippen LogP contribution in [0.1, 0.15) is 104 Å². The second-order valence-electron chi connectivity index (χ2n) is 6.79. The van der Waals surface area contributed by atoms with Crippen LogP contribution in [-0.4, -0.2) is 22.3 Å². The highest BCUT2D eigenvalue weighted by atomic mass is 16.4. The van der Waals surface area contributed by atoms with E-state index < -0.39 is 5.97 Å². The van der Waals surface area contributed by atoms with Crippen LogP contribution in [-0.2, 0) is 4.79 Å². The van der Waals surface area contributed by atoms with Gasteiger partial charge in [-0.15, -0.1) is 0 Å². The van der Waals surface area contributed by atoms with E-state index in [0.717, 1.165) is 51.4 Å². The second kappa shape index (κ2) is 15.3. The largest absolute Gasteiger partial charge is 0.481 e. The first-order valence-electron chi connectivity index (χ1n) is 9.48. The van der Waals surface area contributed by atoms with Crippen LogP contribution >= 0.6 is 0 Å². The fourth-order valence-electron chi connectivity index (χ4n) is 2.79. The van der Waals surface area contributed by atoms with E-state index in [-0.39, 0.29) is 12.0 Å². The number of aliphatic carboxylic acids is 1. The third-order valence-corrected chi connectivity index (χ3v) is 4.49. The van der Waals surface area contributed by atoms with Gasteiger partial charge < -0.3 is 10.2 Å². The average Bonchev–Trinajstić information content (AvgIpc) is 2.49. The van der Waals surface area contributed by atoms with Gasteiger partial charge in [-0.3, -0.25) is 4.79 Å². The van der Waals surface area contributed by atoms with E-state index in [4.69, 9.17) is 5.11 Å². The maximum atomic E-state index is 10.7. The summed E-state index contributed by atoms with van der Waals surface area (Å²) in [4.78, 5) is 10.7. The van der Waals surface area contributed by atoms with Gasteiger partial charge in [0, 0.05) is 0 Å². The Kier molecular flexibility index (Phi) is 14.9. The van der Waals surface area contributed by atoms with Crippen LogP contribution < -0.4 is 0 Å². The molecule has 132 valence electrons. The van der Waals surface area contributed by atoms with Crippen molar-refractivity contribution in [2.45, 2.75) is 110 Å². The fourth-order valence-corrected chi connectivity index (χ4v) is 2.79. The number of hydrogen-bond donors (Lipinski definition) is 2. The first-order valence-corrected chi connectivity index (χ1v) is 9.48. The lowest BCUT2D eigenvalue weighted by atomic mass is 10.00. The highest BCUT2D eigenvalue weighted by Gasteiger charge is 2.09. The van der Waals surface area contributed by atoms with E-state index in [9.17, 15) is 9.90 Å². The van der Waals surface area contributed by atoms with Crippen LogP contribution in [0.5, 0.6) is 0 Å². The highest BCUT2D eigenvalue weighted by Crippen LogP contribution is 2.15. The Morgan fingerprint density at radius 3 is 1.64 bits per heavy atom. The van der Waals surface area contributed by atoms with Gasteiger partial charge in [-0.1, -0.05) is 84.5 Å². The monoisotopic (exact) mass is 314 g/mol. The number of carboxylic acids is 1. The first kappa shape index (κ1) is 21.4. The summed E-state index contributed by atoms with van der Waals surface area (Å²) in [5.74, 6) is -0.909. The van der Waals surface area contributed by atoms with E-state index in [1.54, 1.807) is 6.92 Å². The van der Waals surface area contributed by atoms with Gasteiger partial charge in [-0.25, -0.2) is 0 Å². The molecule has 0 aromatic carbocycles. The van der Waals surface area contributed by atoms with Gasteiger partial charge in [0.25, 0.3) is 0 Å². The molecule has 0 aliphatic heterocycles. The Hall–Kier alpha value is -0.570. The van der Waals surface area contributed by atoms with Crippen molar-refractivity contribution in [3.05, 3.63) is 0 Å². The van der Waals surface area contributed by atoms with Crippen molar-refractivity contribution >= 4 is 5.97 Å². The number of carboxylic acid groups (broad SMARTS) is 1. The molecule has 2 N–H and O–H groups in total. The lowest BCUT2D eigenvalue weighted by molar-refractivity contribution is -0.141. The number of aliphatic hydroxyl groups excluding tert-OH is 1. The first-order chi connectivity index (χ1) is 10.6. The fraction of sp³-hybridized carbons (Fsp3) is 0.947. The molecule has 0 aromatic heterocycles. The minimum atomic E-state index is -0.690. The zero-order valence-electron chi connectivity index (χ0n) is 14.9. The normalized spacial score (nSPS) is 14.0. The van der Waals surface area contributed by atoms with Crippen molar-refractivity contribution in [2.75, 3.05) is 0 Å². The summed E-state index contributed by atoms with van der Waals surface area (Å²) in [7, 11) is 0. The summed E-state index contributed by atoms with van der Waals surface area (Å²) in [6, 6.07) is 0. The topological polar surface area (TPSA) is 57.5 Å². The van der Waals surface area contributed by atoms with Crippen LogP contribution in [0.25, 0.3) is 0 Å². The van der Waals surface area contributed by atoms with Crippen molar-refractivity contribution in [1.82, 2.24) is 0 Å². The molecule has 0 radical (unpaired) electrons. The number of rotatable bonds is 16. The van der Waals surface area contributed by atoms with Crippen molar-refractivity contribution in [2.24, 2.45) is 5.92 Å². The smallest absolute Gasteiger partial charge is 0.306 e. The number of unbranched alkanes of at least 4 members (excludes halogenated alkanes) is 9. The summed E-state index contributed by atoms with van der Waals surface area (Å²) in [6.07, 6.45) is 15.8. The molecule has 0 saturated carbocycles. The molecule has 0 rings (SSSR count). The number of hydrogen-bond acceptors (Lipinski definition) is 2. The molecule has 0 aliphatic rings. The minimum Gasteiger partial charge on any atom is -0.481 e. The molecule has 0 amide bonds. The summed E-state index contributed by atoms with van der Waals surface area (Å²) in [5, 5.41) is 18.7. The maximum Gasteiger partial charge on any atom is 0.306 e. The summed E-state index contributed by atoms with van der Waals surface area (Å²) >= 11 is 0. The van der Waals surface area contributed by atoms with Crippen LogP contribution in [0.3, 0.4) is 0 Å². The maximum absolute atomic E-state index is 10.7. The van der Waals surface area contributed by atoms with Crippen molar-refractivity contribution < 1.29 is 15.0 Å².